The molecule has 0 aliphatic carbocycles. The van der Waals surface area contributed by atoms with Crippen LogP contribution in [0.3, 0.4) is 0 Å². The molecule has 0 spiro atoms. The fourth-order valence-electron chi connectivity index (χ4n) is 3.47. The largest absolute Gasteiger partial charge is 0.491 e. The van der Waals surface area contributed by atoms with Crippen LogP contribution in [0.5, 0.6) is 11.6 Å². The number of rotatable bonds is 7. The van der Waals surface area contributed by atoms with Gasteiger partial charge in [0.15, 0.2) is 0 Å². The lowest BCUT2D eigenvalue weighted by Gasteiger charge is -2.43. The van der Waals surface area contributed by atoms with E-state index in [1.807, 2.05) is 19.1 Å². The van der Waals surface area contributed by atoms with Crippen molar-refractivity contribution in [1.29, 1.82) is 0 Å². The first-order chi connectivity index (χ1) is 12.9. The van der Waals surface area contributed by atoms with Crippen LogP contribution in [0.15, 0.2) is 30.5 Å². The van der Waals surface area contributed by atoms with Gasteiger partial charge in [0, 0.05) is 36.3 Å². The van der Waals surface area contributed by atoms with Crippen LogP contribution in [-0.2, 0) is 0 Å². The number of pyridine rings is 2. The van der Waals surface area contributed by atoms with Gasteiger partial charge in [-0.25, -0.2) is 14.8 Å². The third kappa shape index (κ3) is 4.74. The average molecular weight is 370 g/mol. The van der Waals surface area contributed by atoms with Gasteiger partial charge in [0.1, 0.15) is 5.75 Å². The minimum absolute atomic E-state index is 0.146. The summed E-state index contributed by atoms with van der Waals surface area (Å²) in [6.45, 7) is 9.09. The molecule has 1 amide bonds. The number of primary amides is 1. The molecule has 144 valence electrons. The molecule has 3 rings (SSSR count). The van der Waals surface area contributed by atoms with E-state index in [1.54, 1.807) is 18.3 Å². The minimum atomic E-state index is -0.895. The van der Waals surface area contributed by atoms with E-state index in [4.69, 9.17) is 15.2 Å². The molecule has 0 unspecified atom stereocenters. The molecule has 1 aliphatic rings. The zero-order valence-corrected chi connectivity index (χ0v) is 16.0. The summed E-state index contributed by atoms with van der Waals surface area (Å²) < 4.78 is 10.9. The standard InChI is InChI=1S/C20H26N4O3/c1-13(2)9-20(10-22-11-20)12-26-17-5-4-16(24-14(17)3)15-6-7-23-18(8-15)27-19(21)25/h4-8,13,22H,9-12H2,1-3H3,(H2,21,25). The molecule has 7 heteroatoms. The Morgan fingerprint density at radius 2 is 2.11 bits per heavy atom. The first kappa shape index (κ1) is 19.1. The Labute approximate surface area is 159 Å². The van der Waals surface area contributed by atoms with Gasteiger partial charge in [0.2, 0.25) is 5.88 Å². The SMILES string of the molecule is Cc1nc(-c2ccnc(OC(N)=O)c2)ccc1OCC1(CC(C)C)CNC1. The first-order valence-electron chi connectivity index (χ1n) is 9.12. The Kier molecular flexibility index (Phi) is 5.60. The summed E-state index contributed by atoms with van der Waals surface area (Å²) in [5.41, 5.74) is 7.60. The molecule has 3 heterocycles. The van der Waals surface area contributed by atoms with Gasteiger partial charge >= 0.3 is 6.09 Å². The van der Waals surface area contributed by atoms with Gasteiger partial charge in [0.25, 0.3) is 0 Å². The van der Waals surface area contributed by atoms with E-state index in [0.717, 1.165) is 42.2 Å². The maximum atomic E-state index is 10.9. The monoisotopic (exact) mass is 370 g/mol. The third-order valence-electron chi connectivity index (χ3n) is 4.65. The summed E-state index contributed by atoms with van der Waals surface area (Å²) in [6, 6.07) is 7.25. The van der Waals surface area contributed by atoms with E-state index in [0.29, 0.717) is 12.5 Å². The number of nitrogens with two attached hydrogens (primary N) is 1. The van der Waals surface area contributed by atoms with Crippen LogP contribution in [0.1, 0.15) is 26.0 Å². The number of nitrogens with zero attached hydrogens (tertiary/aromatic N) is 2. The van der Waals surface area contributed by atoms with Gasteiger partial charge < -0.3 is 20.5 Å². The summed E-state index contributed by atoms with van der Waals surface area (Å²) >= 11 is 0. The van der Waals surface area contributed by atoms with Gasteiger partial charge in [-0.3, -0.25) is 0 Å². The second kappa shape index (κ2) is 7.92. The summed E-state index contributed by atoms with van der Waals surface area (Å²) in [7, 11) is 0. The predicted molar refractivity (Wildman–Crippen MR) is 103 cm³/mol. The van der Waals surface area contributed by atoms with Gasteiger partial charge in [-0.1, -0.05) is 13.8 Å². The number of carbonyl (C=O) groups excluding carboxylic acids is 1. The van der Waals surface area contributed by atoms with Crippen molar-refractivity contribution in [2.45, 2.75) is 27.2 Å². The first-order valence-corrected chi connectivity index (χ1v) is 9.12. The van der Waals surface area contributed by atoms with E-state index < -0.39 is 6.09 Å². The average Bonchev–Trinajstić information content (AvgIpc) is 2.57. The predicted octanol–water partition coefficient (Wildman–Crippen LogP) is 2.92. The van der Waals surface area contributed by atoms with Crippen LogP contribution in [-0.4, -0.2) is 35.8 Å². The van der Waals surface area contributed by atoms with E-state index >= 15 is 0 Å². The molecule has 2 aromatic heterocycles. The van der Waals surface area contributed by atoms with Crippen molar-refractivity contribution in [3.05, 3.63) is 36.2 Å². The third-order valence-corrected chi connectivity index (χ3v) is 4.65. The molecule has 1 aliphatic heterocycles. The summed E-state index contributed by atoms with van der Waals surface area (Å²) in [5.74, 6) is 1.57. The van der Waals surface area contributed by atoms with Crippen LogP contribution in [0, 0.1) is 18.3 Å². The zero-order chi connectivity index (χ0) is 19.4. The minimum Gasteiger partial charge on any atom is -0.491 e. The molecule has 2 aromatic rings. The summed E-state index contributed by atoms with van der Waals surface area (Å²) in [4.78, 5) is 19.5. The Morgan fingerprint density at radius 1 is 1.33 bits per heavy atom. The normalized spacial score (nSPS) is 15.3. The van der Waals surface area contributed by atoms with Gasteiger partial charge in [-0.05, 0) is 37.5 Å². The molecule has 3 N–H and O–H groups in total. The van der Waals surface area contributed by atoms with Crippen molar-refractivity contribution in [3.63, 3.8) is 0 Å². The summed E-state index contributed by atoms with van der Waals surface area (Å²) in [5, 5.41) is 3.36. The molecule has 0 atom stereocenters. The Hall–Kier alpha value is -2.67. The molecule has 7 nitrogen and oxygen atoms in total. The maximum absolute atomic E-state index is 10.9. The number of carbonyl (C=O) groups is 1. The fourth-order valence-corrected chi connectivity index (χ4v) is 3.47. The highest BCUT2D eigenvalue weighted by molar-refractivity contribution is 5.68. The van der Waals surface area contributed by atoms with E-state index in [-0.39, 0.29) is 11.3 Å². The van der Waals surface area contributed by atoms with Crippen molar-refractivity contribution < 1.29 is 14.3 Å². The second-order valence-electron chi connectivity index (χ2n) is 7.57. The van der Waals surface area contributed by atoms with Gasteiger partial charge in [-0.15, -0.1) is 0 Å². The van der Waals surface area contributed by atoms with Gasteiger partial charge in [-0.2, -0.15) is 0 Å². The molecule has 1 fully saturated rings. The quantitative estimate of drug-likeness (QED) is 0.777. The molecule has 0 radical (unpaired) electrons. The lowest BCUT2D eigenvalue weighted by Crippen LogP contribution is -2.57. The maximum Gasteiger partial charge on any atom is 0.411 e. The van der Waals surface area contributed by atoms with Crippen LogP contribution in [0.25, 0.3) is 11.3 Å². The lowest BCUT2D eigenvalue weighted by molar-refractivity contribution is 0.0597. The molecule has 0 bridgehead atoms. The smallest absolute Gasteiger partial charge is 0.411 e. The number of amides is 1. The number of hydrogen-bond acceptors (Lipinski definition) is 6. The highest BCUT2D eigenvalue weighted by atomic mass is 16.6. The topological polar surface area (TPSA) is 99.4 Å². The summed E-state index contributed by atoms with van der Waals surface area (Å²) in [6.07, 6.45) is 1.80. The molecule has 1 saturated heterocycles. The molecule has 0 saturated carbocycles. The Balaban J connectivity index is 1.71. The molecular weight excluding hydrogens is 344 g/mol. The second-order valence-corrected chi connectivity index (χ2v) is 7.57. The van der Waals surface area contributed by atoms with Crippen molar-refractivity contribution >= 4 is 6.09 Å². The Morgan fingerprint density at radius 3 is 2.70 bits per heavy atom. The van der Waals surface area contributed by atoms with Crippen LogP contribution >= 0.6 is 0 Å². The zero-order valence-electron chi connectivity index (χ0n) is 16.0. The van der Waals surface area contributed by atoms with Crippen molar-refractivity contribution in [1.82, 2.24) is 15.3 Å². The van der Waals surface area contributed by atoms with Crippen molar-refractivity contribution in [2.24, 2.45) is 17.1 Å². The van der Waals surface area contributed by atoms with E-state index in [9.17, 15) is 4.79 Å². The molecule has 27 heavy (non-hydrogen) atoms. The van der Waals surface area contributed by atoms with E-state index in [1.165, 1.54) is 0 Å². The lowest BCUT2D eigenvalue weighted by atomic mass is 9.76. The number of aryl methyl sites for hydroxylation is 1. The number of aromatic nitrogens is 2. The van der Waals surface area contributed by atoms with E-state index in [2.05, 4.69) is 29.1 Å². The number of ether oxygens (including phenoxy) is 2. The molecule has 0 aromatic carbocycles. The Bertz CT molecular complexity index is 819. The number of hydrogen-bond donors (Lipinski definition) is 2. The van der Waals surface area contributed by atoms with Crippen LogP contribution in [0.4, 0.5) is 4.79 Å². The van der Waals surface area contributed by atoms with Gasteiger partial charge in [0.05, 0.1) is 18.0 Å². The highest BCUT2D eigenvalue weighted by Crippen LogP contribution is 2.32. The highest BCUT2D eigenvalue weighted by Gasteiger charge is 2.38. The van der Waals surface area contributed by atoms with Crippen LogP contribution < -0.4 is 20.5 Å². The van der Waals surface area contributed by atoms with Crippen molar-refractivity contribution in [2.75, 3.05) is 19.7 Å². The van der Waals surface area contributed by atoms with Crippen LogP contribution in [0.2, 0.25) is 0 Å². The van der Waals surface area contributed by atoms with Crippen molar-refractivity contribution in [3.8, 4) is 22.9 Å². The molecular formula is C20H26N4O3. The fraction of sp³-hybridized carbons (Fsp3) is 0.450. The number of nitrogens with one attached hydrogen (secondary N) is 1.